The summed E-state index contributed by atoms with van der Waals surface area (Å²) in [5.74, 6) is 1.74. The van der Waals surface area contributed by atoms with E-state index in [2.05, 4.69) is 31.7 Å². The molecule has 2 aliphatic rings. The molecule has 0 amide bonds. The van der Waals surface area contributed by atoms with Gasteiger partial charge in [-0.2, -0.15) is 0 Å². The minimum Gasteiger partial charge on any atom is -0.388 e. The van der Waals surface area contributed by atoms with Crippen LogP contribution in [0.5, 0.6) is 0 Å². The summed E-state index contributed by atoms with van der Waals surface area (Å²) >= 11 is 4.40. The Bertz CT molecular complexity index is 429. The lowest BCUT2D eigenvalue weighted by molar-refractivity contribution is 0.0242. The molecule has 1 aromatic carbocycles. The quantitative estimate of drug-likeness (QED) is 0.667. The minimum absolute atomic E-state index is 0.265. The first-order chi connectivity index (χ1) is 8.18. The maximum absolute atomic E-state index is 10.6. The van der Waals surface area contributed by atoms with Gasteiger partial charge in [0, 0.05) is 4.90 Å². The molecule has 0 radical (unpaired) electrons. The highest BCUT2D eigenvalue weighted by Crippen LogP contribution is 2.51. The van der Waals surface area contributed by atoms with Crippen molar-refractivity contribution in [2.75, 3.05) is 0 Å². The van der Waals surface area contributed by atoms with Gasteiger partial charge in [0.2, 0.25) is 0 Å². The maximum atomic E-state index is 10.6. The molecular weight excluding hydrogens is 228 g/mol. The topological polar surface area (TPSA) is 20.2 Å². The van der Waals surface area contributed by atoms with Crippen molar-refractivity contribution in [1.82, 2.24) is 0 Å². The Balaban J connectivity index is 2.07. The summed E-state index contributed by atoms with van der Waals surface area (Å²) in [6, 6.07) is 6.27. The van der Waals surface area contributed by atoms with Gasteiger partial charge in [-0.25, -0.2) is 0 Å². The number of aliphatic hydroxyl groups is 1. The van der Waals surface area contributed by atoms with Crippen LogP contribution in [0.3, 0.4) is 0 Å². The third-order valence-electron chi connectivity index (χ3n) is 4.80. The Hall–Kier alpha value is -0.470. The van der Waals surface area contributed by atoms with Crippen LogP contribution in [0.4, 0.5) is 0 Å². The molecule has 1 aromatic rings. The second kappa shape index (κ2) is 4.33. The van der Waals surface area contributed by atoms with Crippen LogP contribution in [0.1, 0.15) is 55.8 Å². The van der Waals surface area contributed by atoms with Crippen LogP contribution in [0.2, 0.25) is 0 Å². The van der Waals surface area contributed by atoms with E-state index in [1.807, 2.05) is 6.07 Å². The summed E-state index contributed by atoms with van der Waals surface area (Å²) in [7, 11) is 0. The van der Waals surface area contributed by atoms with Crippen molar-refractivity contribution in [2.24, 2.45) is 11.8 Å². The molecule has 17 heavy (non-hydrogen) atoms. The molecule has 1 N–H and O–H groups in total. The molecule has 1 nitrogen and oxygen atoms in total. The summed E-state index contributed by atoms with van der Waals surface area (Å²) in [6.45, 7) is 2.33. The number of thiol groups is 1. The van der Waals surface area contributed by atoms with Crippen molar-refractivity contribution in [1.29, 1.82) is 0 Å². The van der Waals surface area contributed by atoms with Gasteiger partial charge in [0.05, 0.1) is 6.10 Å². The first-order valence-electron chi connectivity index (χ1n) is 6.69. The van der Waals surface area contributed by atoms with Gasteiger partial charge in [-0.1, -0.05) is 25.8 Å². The van der Waals surface area contributed by atoms with Crippen LogP contribution in [-0.4, -0.2) is 5.11 Å². The third-order valence-corrected chi connectivity index (χ3v) is 5.08. The maximum Gasteiger partial charge on any atom is 0.0824 e. The summed E-state index contributed by atoms with van der Waals surface area (Å²) in [5, 5.41) is 10.6. The van der Waals surface area contributed by atoms with E-state index in [9.17, 15) is 5.11 Å². The van der Waals surface area contributed by atoms with E-state index in [1.54, 1.807) is 0 Å². The smallest absolute Gasteiger partial charge is 0.0824 e. The number of rotatable bonds is 0. The summed E-state index contributed by atoms with van der Waals surface area (Å²) in [6.07, 6.45) is 4.81. The molecule has 0 bridgehead atoms. The first kappa shape index (κ1) is 11.6. The molecule has 3 rings (SSSR count). The lowest BCUT2D eigenvalue weighted by Crippen LogP contribution is -2.34. The second-order valence-corrected chi connectivity index (χ2v) is 6.18. The van der Waals surface area contributed by atoms with Crippen LogP contribution in [-0.2, 0) is 0 Å². The molecule has 0 heterocycles. The van der Waals surface area contributed by atoms with Crippen molar-refractivity contribution in [2.45, 2.75) is 49.5 Å². The highest BCUT2D eigenvalue weighted by Gasteiger charge is 2.40. The zero-order valence-electron chi connectivity index (χ0n) is 10.3. The van der Waals surface area contributed by atoms with Crippen LogP contribution in [0.25, 0.3) is 0 Å². The molecule has 0 saturated heterocycles. The fraction of sp³-hybridized carbons (Fsp3) is 0.600. The average molecular weight is 248 g/mol. The van der Waals surface area contributed by atoms with Crippen LogP contribution in [0, 0.1) is 11.8 Å². The molecule has 4 atom stereocenters. The molecule has 1 saturated carbocycles. The van der Waals surface area contributed by atoms with Gasteiger partial charge < -0.3 is 5.11 Å². The van der Waals surface area contributed by atoms with Crippen molar-refractivity contribution >= 4 is 12.6 Å². The summed E-state index contributed by atoms with van der Waals surface area (Å²) < 4.78 is 0. The first-order valence-corrected chi connectivity index (χ1v) is 7.14. The molecule has 4 unspecified atom stereocenters. The predicted octanol–water partition coefficient (Wildman–Crippen LogP) is 3.93. The largest absolute Gasteiger partial charge is 0.388 e. The third kappa shape index (κ3) is 1.82. The lowest BCUT2D eigenvalue weighted by Gasteiger charge is -2.44. The Morgan fingerprint density at radius 3 is 2.59 bits per heavy atom. The van der Waals surface area contributed by atoms with Gasteiger partial charge in [0.1, 0.15) is 0 Å². The SMILES string of the molecule is CC1c2ccc(S)cc2C(O)C2CCCCC12. The van der Waals surface area contributed by atoms with Crippen molar-refractivity contribution in [3.05, 3.63) is 29.3 Å². The number of aliphatic hydroxyl groups excluding tert-OH is 1. The Morgan fingerprint density at radius 1 is 1.12 bits per heavy atom. The van der Waals surface area contributed by atoms with E-state index in [0.29, 0.717) is 17.8 Å². The van der Waals surface area contributed by atoms with Crippen molar-refractivity contribution < 1.29 is 5.11 Å². The molecule has 0 aliphatic heterocycles. The molecule has 0 spiro atoms. The fourth-order valence-corrected chi connectivity index (χ4v) is 4.11. The van der Waals surface area contributed by atoms with E-state index in [0.717, 1.165) is 10.5 Å². The zero-order valence-corrected chi connectivity index (χ0v) is 11.2. The van der Waals surface area contributed by atoms with Crippen LogP contribution < -0.4 is 0 Å². The van der Waals surface area contributed by atoms with Crippen LogP contribution in [0.15, 0.2) is 23.1 Å². The highest BCUT2D eigenvalue weighted by atomic mass is 32.1. The monoisotopic (exact) mass is 248 g/mol. The van der Waals surface area contributed by atoms with Gasteiger partial charge in [-0.3, -0.25) is 0 Å². The van der Waals surface area contributed by atoms with Gasteiger partial charge in [0.25, 0.3) is 0 Å². The van der Waals surface area contributed by atoms with E-state index >= 15 is 0 Å². The van der Waals surface area contributed by atoms with Crippen LogP contribution >= 0.6 is 12.6 Å². The average Bonchev–Trinajstić information content (AvgIpc) is 2.36. The Kier molecular flexibility index (Phi) is 2.95. The molecular formula is C15H20OS. The highest BCUT2D eigenvalue weighted by molar-refractivity contribution is 7.80. The minimum atomic E-state index is -0.265. The zero-order chi connectivity index (χ0) is 12.0. The predicted molar refractivity (Wildman–Crippen MR) is 72.5 cm³/mol. The van der Waals surface area contributed by atoms with E-state index < -0.39 is 0 Å². The van der Waals surface area contributed by atoms with Gasteiger partial charge in [-0.15, -0.1) is 12.6 Å². The van der Waals surface area contributed by atoms with E-state index in [-0.39, 0.29) is 6.10 Å². The number of hydrogen-bond donors (Lipinski definition) is 2. The van der Waals surface area contributed by atoms with Gasteiger partial charge >= 0.3 is 0 Å². The standard InChI is InChI=1S/C15H20OS/c1-9-11-4-2-3-5-13(11)15(16)14-8-10(17)6-7-12(9)14/h6-9,11,13,15-17H,2-5H2,1H3. The number of hydrogen-bond acceptors (Lipinski definition) is 2. The second-order valence-electron chi connectivity index (χ2n) is 5.66. The van der Waals surface area contributed by atoms with Gasteiger partial charge in [0.15, 0.2) is 0 Å². The molecule has 92 valence electrons. The number of benzene rings is 1. The van der Waals surface area contributed by atoms with Gasteiger partial charge in [-0.05, 0) is 53.9 Å². The number of fused-ring (bicyclic) bond motifs is 2. The van der Waals surface area contributed by atoms with Crippen molar-refractivity contribution in [3.63, 3.8) is 0 Å². The molecule has 0 aromatic heterocycles. The summed E-state index contributed by atoms with van der Waals surface area (Å²) in [5.41, 5.74) is 2.48. The fourth-order valence-electron chi connectivity index (χ4n) is 3.90. The molecule has 1 fully saturated rings. The molecule has 2 aliphatic carbocycles. The summed E-state index contributed by atoms with van der Waals surface area (Å²) in [4.78, 5) is 0.962. The van der Waals surface area contributed by atoms with Crippen molar-refractivity contribution in [3.8, 4) is 0 Å². The molecule has 2 heteroatoms. The van der Waals surface area contributed by atoms with E-state index in [4.69, 9.17) is 0 Å². The normalized spacial score (nSPS) is 36.2. The Morgan fingerprint density at radius 2 is 1.82 bits per heavy atom. The lowest BCUT2D eigenvalue weighted by atomic mass is 9.63. The van der Waals surface area contributed by atoms with E-state index in [1.165, 1.54) is 31.2 Å². The Labute approximate surface area is 109 Å².